The fourth-order valence-electron chi connectivity index (χ4n) is 4.33. The third-order valence-electron chi connectivity index (χ3n) is 5.86. The largest absolute Gasteiger partial charge is 0.467 e. The van der Waals surface area contributed by atoms with E-state index < -0.39 is 10.0 Å². The molecule has 9 nitrogen and oxygen atoms in total. The van der Waals surface area contributed by atoms with E-state index in [0.717, 1.165) is 36.8 Å². The van der Waals surface area contributed by atoms with Crippen molar-refractivity contribution in [2.45, 2.75) is 56.9 Å². The fraction of sp³-hybridized carbons (Fsp3) is 0.435. The Balaban J connectivity index is 1.56. The number of hydrogen-bond donors (Lipinski definition) is 1. The van der Waals surface area contributed by atoms with Crippen molar-refractivity contribution in [1.29, 1.82) is 0 Å². The van der Waals surface area contributed by atoms with Gasteiger partial charge in [0.05, 0.1) is 24.8 Å². The molecule has 0 radical (unpaired) electrons. The number of piperidine rings is 1. The number of thioether (sulfide) groups is 1. The molecule has 0 saturated carbocycles. The van der Waals surface area contributed by atoms with E-state index in [1.807, 2.05) is 21.6 Å². The number of nitrogens with zero attached hydrogens (tertiary/aromatic N) is 4. The summed E-state index contributed by atoms with van der Waals surface area (Å²) in [5, 5.41) is 9.36. The van der Waals surface area contributed by atoms with Gasteiger partial charge in [-0.1, -0.05) is 11.8 Å². The highest BCUT2D eigenvalue weighted by Gasteiger charge is 2.29. The van der Waals surface area contributed by atoms with Crippen molar-refractivity contribution in [2.24, 2.45) is 0 Å². The molecule has 11 heteroatoms. The van der Waals surface area contributed by atoms with Crippen molar-refractivity contribution >= 4 is 33.4 Å². The Hall–Kier alpha value is -2.79. The van der Waals surface area contributed by atoms with E-state index in [4.69, 9.17) is 4.42 Å². The Kier molecular flexibility index (Phi) is 7.32. The Morgan fingerprint density at radius 3 is 2.47 bits per heavy atom. The molecular formula is C23H29N5O4S2. The van der Waals surface area contributed by atoms with Gasteiger partial charge in [0.15, 0.2) is 11.0 Å². The number of rotatable bonds is 8. The Morgan fingerprint density at radius 1 is 1.15 bits per heavy atom. The summed E-state index contributed by atoms with van der Waals surface area (Å²) in [7, 11) is -3.36. The van der Waals surface area contributed by atoms with Gasteiger partial charge < -0.3 is 9.32 Å². The van der Waals surface area contributed by atoms with Crippen LogP contribution in [0.3, 0.4) is 0 Å². The van der Waals surface area contributed by atoms with Crippen molar-refractivity contribution in [1.82, 2.24) is 19.7 Å². The normalized spacial score (nSPS) is 18.7. The lowest BCUT2D eigenvalue weighted by Gasteiger charge is -2.39. The molecule has 2 atom stereocenters. The highest BCUT2D eigenvalue weighted by molar-refractivity contribution is 7.99. The maximum atomic E-state index is 13.0. The maximum absolute atomic E-state index is 13.0. The molecule has 2 aromatic heterocycles. The summed E-state index contributed by atoms with van der Waals surface area (Å²) in [4.78, 5) is 15.0. The number of sulfonamides is 1. The van der Waals surface area contributed by atoms with Crippen LogP contribution in [0.2, 0.25) is 0 Å². The highest BCUT2D eigenvalue weighted by atomic mass is 32.2. The van der Waals surface area contributed by atoms with E-state index >= 15 is 0 Å². The second kappa shape index (κ2) is 10.2. The highest BCUT2D eigenvalue weighted by Crippen LogP contribution is 2.28. The molecular weight excluding hydrogens is 474 g/mol. The number of benzene rings is 1. The smallest absolute Gasteiger partial charge is 0.233 e. The minimum Gasteiger partial charge on any atom is -0.467 e. The monoisotopic (exact) mass is 503 g/mol. The lowest BCUT2D eigenvalue weighted by molar-refractivity contribution is -0.134. The molecule has 4 rings (SSSR count). The van der Waals surface area contributed by atoms with Gasteiger partial charge in [-0.2, -0.15) is 0 Å². The summed E-state index contributed by atoms with van der Waals surface area (Å²) in [5.74, 6) is 1.73. The quantitative estimate of drug-likeness (QED) is 0.465. The molecule has 34 heavy (non-hydrogen) atoms. The number of likely N-dealkylation sites (tertiary alicyclic amines) is 1. The van der Waals surface area contributed by atoms with Crippen LogP contribution in [0.5, 0.6) is 0 Å². The average Bonchev–Trinajstić information content (AvgIpc) is 3.42. The van der Waals surface area contributed by atoms with E-state index in [0.29, 0.717) is 23.2 Å². The SMILES string of the molecule is C[C@@H]1CCC[C@@H](C)N1C(=O)CSc1nnc(-c2ccc(NS(C)(=O)=O)cc2)n1Cc1ccco1. The molecule has 1 aliphatic heterocycles. The molecule has 0 bridgehead atoms. The van der Waals surface area contributed by atoms with Crippen molar-refractivity contribution < 1.29 is 17.6 Å². The van der Waals surface area contributed by atoms with Crippen molar-refractivity contribution in [2.75, 3.05) is 16.7 Å². The summed E-state index contributed by atoms with van der Waals surface area (Å²) in [6.07, 6.45) is 5.93. The summed E-state index contributed by atoms with van der Waals surface area (Å²) in [5.41, 5.74) is 1.24. The number of carbonyl (C=O) groups is 1. The first-order chi connectivity index (χ1) is 16.2. The van der Waals surface area contributed by atoms with Crippen LogP contribution in [0.15, 0.2) is 52.2 Å². The van der Waals surface area contributed by atoms with Crippen LogP contribution in [0.1, 0.15) is 38.9 Å². The summed E-state index contributed by atoms with van der Waals surface area (Å²) in [6, 6.07) is 11.1. The van der Waals surface area contributed by atoms with Crippen LogP contribution in [0, 0.1) is 0 Å². The molecule has 0 unspecified atom stereocenters. The molecule has 3 aromatic rings. The Bertz CT molecular complexity index is 1210. The molecule has 1 aliphatic rings. The van der Waals surface area contributed by atoms with Gasteiger partial charge in [-0.05, 0) is 69.5 Å². The number of hydrogen-bond acceptors (Lipinski definition) is 7. The lowest BCUT2D eigenvalue weighted by Crippen LogP contribution is -2.48. The van der Waals surface area contributed by atoms with Gasteiger partial charge in [-0.3, -0.25) is 14.1 Å². The van der Waals surface area contributed by atoms with E-state index in [-0.39, 0.29) is 23.7 Å². The first-order valence-corrected chi connectivity index (χ1v) is 14.1. The topological polar surface area (TPSA) is 110 Å². The summed E-state index contributed by atoms with van der Waals surface area (Å²) < 4.78 is 32.9. The molecule has 1 aromatic carbocycles. The molecule has 1 N–H and O–H groups in total. The van der Waals surface area contributed by atoms with Gasteiger partial charge in [-0.15, -0.1) is 10.2 Å². The van der Waals surface area contributed by atoms with E-state index in [2.05, 4.69) is 28.8 Å². The summed E-state index contributed by atoms with van der Waals surface area (Å²) in [6.45, 7) is 4.63. The van der Waals surface area contributed by atoms with Crippen LogP contribution >= 0.6 is 11.8 Å². The molecule has 3 heterocycles. The second-order valence-electron chi connectivity index (χ2n) is 8.64. The summed E-state index contributed by atoms with van der Waals surface area (Å²) >= 11 is 1.37. The number of carbonyl (C=O) groups excluding carboxylic acids is 1. The third-order valence-corrected chi connectivity index (χ3v) is 7.42. The van der Waals surface area contributed by atoms with Gasteiger partial charge in [0.2, 0.25) is 15.9 Å². The fourth-order valence-corrected chi connectivity index (χ4v) is 5.70. The van der Waals surface area contributed by atoms with Crippen molar-refractivity contribution in [3.05, 3.63) is 48.4 Å². The maximum Gasteiger partial charge on any atom is 0.233 e. The predicted octanol–water partition coefficient (Wildman–Crippen LogP) is 3.84. The average molecular weight is 504 g/mol. The molecule has 182 valence electrons. The lowest BCUT2D eigenvalue weighted by atomic mass is 9.98. The molecule has 1 saturated heterocycles. The van der Waals surface area contributed by atoms with E-state index in [9.17, 15) is 13.2 Å². The number of aromatic nitrogens is 3. The van der Waals surface area contributed by atoms with Gasteiger partial charge >= 0.3 is 0 Å². The van der Waals surface area contributed by atoms with E-state index in [1.54, 1.807) is 30.5 Å². The van der Waals surface area contributed by atoms with Crippen LogP contribution in [0.25, 0.3) is 11.4 Å². The zero-order valence-corrected chi connectivity index (χ0v) is 21.1. The third kappa shape index (κ3) is 5.82. The van der Waals surface area contributed by atoms with Crippen LogP contribution in [-0.2, 0) is 21.4 Å². The Labute approximate surface area is 204 Å². The van der Waals surface area contributed by atoms with Gasteiger partial charge in [0, 0.05) is 23.3 Å². The zero-order valence-electron chi connectivity index (χ0n) is 19.5. The predicted molar refractivity (Wildman–Crippen MR) is 132 cm³/mol. The first kappa shape index (κ1) is 24.3. The minimum atomic E-state index is -3.36. The van der Waals surface area contributed by atoms with Gasteiger partial charge in [0.1, 0.15) is 5.76 Å². The van der Waals surface area contributed by atoms with Crippen LogP contribution < -0.4 is 4.72 Å². The van der Waals surface area contributed by atoms with Crippen molar-refractivity contribution in [3.63, 3.8) is 0 Å². The number of anilines is 1. The first-order valence-electron chi connectivity index (χ1n) is 11.2. The van der Waals surface area contributed by atoms with Gasteiger partial charge in [0.25, 0.3) is 0 Å². The van der Waals surface area contributed by atoms with Gasteiger partial charge in [-0.25, -0.2) is 8.42 Å². The zero-order chi connectivity index (χ0) is 24.3. The Morgan fingerprint density at radius 2 is 1.85 bits per heavy atom. The molecule has 0 spiro atoms. The standard InChI is InChI=1S/C23H29N5O4S2/c1-16-6-4-7-17(2)28(16)21(29)15-33-23-25-24-22(27(23)14-20-8-5-13-32-20)18-9-11-19(12-10-18)26-34(3,30)31/h5,8-13,16-17,26H,4,6-7,14-15H2,1-3H3/t16-,17-/m1/s1. The molecule has 1 amide bonds. The number of furan rings is 1. The number of nitrogens with one attached hydrogen (secondary N) is 1. The van der Waals surface area contributed by atoms with Crippen LogP contribution in [-0.4, -0.2) is 58.1 Å². The number of amides is 1. The van der Waals surface area contributed by atoms with Crippen LogP contribution in [0.4, 0.5) is 5.69 Å². The second-order valence-corrected chi connectivity index (χ2v) is 11.3. The van der Waals surface area contributed by atoms with Crippen molar-refractivity contribution in [3.8, 4) is 11.4 Å². The molecule has 0 aliphatic carbocycles. The minimum absolute atomic E-state index is 0.106. The van der Waals surface area contributed by atoms with E-state index in [1.165, 1.54) is 11.8 Å². The molecule has 1 fully saturated rings.